The maximum Gasteiger partial charge on any atom is 0.338 e. The molecule has 0 N–H and O–H groups in total. The van der Waals surface area contributed by atoms with Gasteiger partial charge in [-0.3, -0.25) is 4.79 Å². The smallest absolute Gasteiger partial charge is 0.338 e. The van der Waals surface area contributed by atoms with Gasteiger partial charge in [-0.05, 0) is 67.7 Å². The maximum absolute atomic E-state index is 13.0. The molecule has 174 valence electrons. The molecule has 0 unspecified atom stereocenters. The van der Waals surface area contributed by atoms with Gasteiger partial charge in [0, 0.05) is 11.8 Å². The summed E-state index contributed by atoms with van der Waals surface area (Å²) in [5.41, 5.74) is 0.569. The lowest BCUT2D eigenvalue weighted by molar-refractivity contribution is -0.130. The average Bonchev–Trinajstić information content (AvgIpc) is 3.11. The van der Waals surface area contributed by atoms with E-state index in [9.17, 15) is 14.4 Å². The molecule has 33 heavy (non-hydrogen) atoms. The van der Waals surface area contributed by atoms with Crippen molar-refractivity contribution in [2.45, 2.75) is 52.1 Å². The Balaban J connectivity index is 1.49. The molecule has 0 amide bonds. The van der Waals surface area contributed by atoms with Gasteiger partial charge in [0.15, 0.2) is 0 Å². The van der Waals surface area contributed by atoms with Gasteiger partial charge in [-0.2, -0.15) is 0 Å². The first-order valence-electron chi connectivity index (χ1n) is 11.9. The molecule has 2 aliphatic rings. The normalized spacial score (nSPS) is 29.5. The first-order chi connectivity index (χ1) is 15.9. The first kappa shape index (κ1) is 23.2. The van der Waals surface area contributed by atoms with Gasteiger partial charge in [-0.1, -0.05) is 50.2 Å². The van der Waals surface area contributed by atoms with E-state index in [4.69, 9.17) is 9.47 Å². The highest BCUT2D eigenvalue weighted by Crippen LogP contribution is 2.51. The number of benzene rings is 2. The molecule has 2 aliphatic carbocycles. The minimum Gasteiger partial charge on any atom is -0.462 e. The molecule has 2 fully saturated rings. The number of carbonyl (C=O) groups is 3. The second kappa shape index (κ2) is 9.90. The number of fused-ring (bicyclic) bond motifs is 1. The zero-order valence-electron chi connectivity index (χ0n) is 19.4. The van der Waals surface area contributed by atoms with E-state index in [-0.39, 0.29) is 48.2 Å². The lowest BCUT2D eigenvalue weighted by atomic mass is 9.64. The number of Topliss-reactive ketones (excluding diaryl/α,β-unsaturated/α-hetero) is 1. The lowest BCUT2D eigenvalue weighted by Gasteiger charge is -2.41. The van der Waals surface area contributed by atoms with E-state index in [1.165, 1.54) is 0 Å². The summed E-state index contributed by atoms with van der Waals surface area (Å²) in [6.45, 7) is 4.40. The molecule has 0 aliphatic heterocycles. The molecule has 0 heterocycles. The number of rotatable bonds is 5. The molecule has 0 saturated heterocycles. The van der Waals surface area contributed by atoms with Crippen LogP contribution in [-0.2, 0) is 14.3 Å². The van der Waals surface area contributed by atoms with Crippen LogP contribution in [0.2, 0.25) is 0 Å². The van der Waals surface area contributed by atoms with E-state index in [2.05, 4.69) is 13.8 Å². The predicted octanol–water partition coefficient (Wildman–Crippen LogP) is 5.49. The highest BCUT2D eigenvalue weighted by molar-refractivity contribution is 5.90. The van der Waals surface area contributed by atoms with Crippen LogP contribution in [0.5, 0.6) is 0 Å². The highest BCUT2D eigenvalue weighted by atomic mass is 16.5. The minimum atomic E-state index is -0.485. The van der Waals surface area contributed by atoms with Gasteiger partial charge in [-0.15, -0.1) is 0 Å². The molecule has 0 bridgehead atoms. The Bertz CT molecular complexity index is 986. The third-order valence-corrected chi connectivity index (χ3v) is 7.62. The molecule has 0 radical (unpaired) electrons. The van der Waals surface area contributed by atoms with Gasteiger partial charge >= 0.3 is 11.9 Å². The van der Waals surface area contributed by atoms with Gasteiger partial charge in [0.2, 0.25) is 0 Å². The Kier molecular flexibility index (Phi) is 6.96. The van der Waals surface area contributed by atoms with E-state index in [1.807, 2.05) is 36.4 Å². The summed E-state index contributed by atoms with van der Waals surface area (Å²) < 4.78 is 11.6. The molecular weight excluding hydrogens is 416 g/mol. The fourth-order valence-electron chi connectivity index (χ4n) is 5.78. The summed E-state index contributed by atoms with van der Waals surface area (Å²) in [7, 11) is 0. The van der Waals surface area contributed by atoms with Crippen molar-refractivity contribution < 1.29 is 23.9 Å². The Morgan fingerprint density at radius 1 is 0.909 bits per heavy atom. The van der Waals surface area contributed by atoms with Crippen molar-refractivity contribution in [3.8, 4) is 0 Å². The number of carbonyl (C=O) groups excluding carboxylic acids is 3. The topological polar surface area (TPSA) is 69.7 Å². The van der Waals surface area contributed by atoms with Crippen LogP contribution >= 0.6 is 0 Å². The molecular formula is C28H32O5. The van der Waals surface area contributed by atoms with Gasteiger partial charge in [0.05, 0.1) is 17.7 Å². The van der Waals surface area contributed by atoms with E-state index in [0.29, 0.717) is 30.4 Å². The lowest BCUT2D eigenvalue weighted by Crippen LogP contribution is -2.42. The molecule has 5 atom stereocenters. The summed E-state index contributed by atoms with van der Waals surface area (Å²) in [5, 5.41) is 0. The monoisotopic (exact) mass is 448 g/mol. The van der Waals surface area contributed by atoms with Crippen molar-refractivity contribution in [2.75, 3.05) is 6.61 Å². The maximum atomic E-state index is 13.0. The molecule has 0 spiro atoms. The minimum absolute atomic E-state index is 0.0551. The van der Waals surface area contributed by atoms with Crippen LogP contribution in [0.4, 0.5) is 0 Å². The van der Waals surface area contributed by atoms with E-state index in [0.717, 1.165) is 12.8 Å². The Labute approximate surface area is 195 Å². The number of hydrogen-bond donors (Lipinski definition) is 0. The fourth-order valence-corrected chi connectivity index (χ4v) is 5.78. The molecule has 4 rings (SSSR count). The van der Waals surface area contributed by atoms with Crippen LogP contribution in [0.15, 0.2) is 60.7 Å². The fraction of sp³-hybridized carbons (Fsp3) is 0.464. The summed E-state index contributed by atoms with van der Waals surface area (Å²) in [5.74, 6) is -0.112. The van der Waals surface area contributed by atoms with Crippen LogP contribution in [0, 0.1) is 23.2 Å². The van der Waals surface area contributed by atoms with Crippen molar-refractivity contribution in [1.82, 2.24) is 0 Å². The number of ether oxygens (including phenoxy) is 2. The standard InChI is InChI=1S/C28H32O5/c1-19-17-28(2)23(14-16-25(28)29)22(18-32-26(30)20-9-5-3-6-10-20)13-15-24(19)33-27(31)21-11-7-4-8-12-21/h3-12,19,22-24H,13-18H2,1-2H3/t19-,22-,23-,24-,28-/m1/s1. The number of esters is 2. The van der Waals surface area contributed by atoms with Crippen LogP contribution in [0.3, 0.4) is 0 Å². The highest BCUT2D eigenvalue weighted by Gasteiger charge is 2.51. The van der Waals surface area contributed by atoms with E-state index in [1.54, 1.807) is 24.3 Å². The van der Waals surface area contributed by atoms with Gasteiger partial charge in [0.25, 0.3) is 0 Å². The van der Waals surface area contributed by atoms with E-state index >= 15 is 0 Å². The summed E-state index contributed by atoms with van der Waals surface area (Å²) in [6.07, 6.45) is 3.21. The van der Waals surface area contributed by atoms with Crippen LogP contribution in [0.1, 0.15) is 66.7 Å². The molecule has 2 aromatic rings. The SMILES string of the molecule is C[C@@H]1C[C@@]2(C)C(=O)CC[C@@H]2[C@@H](COC(=O)c2ccccc2)CC[C@H]1OC(=O)c1ccccc1. The molecule has 2 aromatic carbocycles. The summed E-state index contributed by atoms with van der Waals surface area (Å²) >= 11 is 0. The van der Waals surface area contributed by atoms with Crippen LogP contribution < -0.4 is 0 Å². The van der Waals surface area contributed by atoms with Gasteiger partial charge in [0.1, 0.15) is 11.9 Å². The third kappa shape index (κ3) is 5.02. The zero-order chi connectivity index (χ0) is 23.4. The molecule has 2 saturated carbocycles. The van der Waals surface area contributed by atoms with Gasteiger partial charge < -0.3 is 9.47 Å². The zero-order valence-corrected chi connectivity index (χ0v) is 19.4. The quantitative estimate of drug-likeness (QED) is 0.566. The number of ketones is 1. The van der Waals surface area contributed by atoms with Crippen molar-refractivity contribution in [3.05, 3.63) is 71.8 Å². The molecule has 0 aromatic heterocycles. The first-order valence-corrected chi connectivity index (χ1v) is 11.9. The summed E-state index contributed by atoms with van der Waals surface area (Å²) in [6, 6.07) is 18.0. The number of hydrogen-bond acceptors (Lipinski definition) is 5. The predicted molar refractivity (Wildman–Crippen MR) is 125 cm³/mol. The Morgan fingerprint density at radius 3 is 2.15 bits per heavy atom. The average molecular weight is 449 g/mol. The Morgan fingerprint density at radius 2 is 1.52 bits per heavy atom. The molecule has 5 heteroatoms. The second-order valence-electron chi connectivity index (χ2n) is 9.78. The second-order valence-corrected chi connectivity index (χ2v) is 9.78. The van der Waals surface area contributed by atoms with Crippen LogP contribution in [0.25, 0.3) is 0 Å². The van der Waals surface area contributed by atoms with E-state index < -0.39 is 5.41 Å². The van der Waals surface area contributed by atoms with Crippen molar-refractivity contribution in [2.24, 2.45) is 23.2 Å². The largest absolute Gasteiger partial charge is 0.462 e. The van der Waals surface area contributed by atoms with Crippen molar-refractivity contribution in [1.29, 1.82) is 0 Å². The van der Waals surface area contributed by atoms with Crippen molar-refractivity contribution >= 4 is 17.7 Å². The van der Waals surface area contributed by atoms with Crippen LogP contribution in [-0.4, -0.2) is 30.4 Å². The Hall–Kier alpha value is -2.95. The van der Waals surface area contributed by atoms with Gasteiger partial charge in [-0.25, -0.2) is 9.59 Å². The summed E-state index contributed by atoms with van der Waals surface area (Å²) in [4.78, 5) is 38.2. The third-order valence-electron chi connectivity index (χ3n) is 7.62. The molecule has 5 nitrogen and oxygen atoms in total. The van der Waals surface area contributed by atoms with Crippen molar-refractivity contribution in [3.63, 3.8) is 0 Å².